The molecule has 1 amide bonds. The summed E-state index contributed by atoms with van der Waals surface area (Å²) in [6, 6.07) is 3.55. The van der Waals surface area contributed by atoms with Crippen molar-refractivity contribution < 1.29 is 18.8 Å². The maximum Gasteiger partial charge on any atom is 0.246 e. The summed E-state index contributed by atoms with van der Waals surface area (Å²) in [4.78, 5) is 20.3. The molecule has 3 heterocycles. The Morgan fingerprint density at radius 3 is 3.09 bits per heavy atom. The van der Waals surface area contributed by atoms with Gasteiger partial charge in [0.25, 0.3) is 0 Å². The molecule has 0 spiro atoms. The quantitative estimate of drug-likeness (QED) is 0.853. The summed E-state index contributed by atoms with van der Waals surface area (Å²) in [6.45, 7) is 3.76. The Balaban J connectivity index is 1.58. The van der Waals surface area contributed by atoms with Gasteiger partial charge in [-0.3, -0.25) is 4.79 Å². The van der Waals surface area contributed by atoms with E-state index in [1.807, 2.05) is 6.92 Å². The Kier molecular flexibility index (Phi) is 4.82. The topological polar surface area (TPSA) is 99.4 Å². The van der Waals surface area contributed by atoms with Crippen LogP contribution in [0.1, 0.15) is 19.2 Å². The van der Waals surface area contributed by atoms with Crippen LogP contribution in [0.5, 0.6) is 5.88 Å². The summed E-state index contributed by atoms with van der Waals surface area (Å²) in [5, 5.41) is 6.68. The van der Waals surface area contributed by atoms with Crippen LogP contribution in [0.15, 0.2) is 22.9 Å². The zero-order valence-corrected chi connectivity index (χ0v) is 12.8. The number of rotatable bonds is 6. The number of nitrogens with one attached hydrogen (secondary N) is 1. The van der Waals surface area contributed by atoms with Crippen molar-refractivity contribution in [1.29, 1.82) is 0 Å². The molecule has 0 bridgehead atoms. The SMILES string of the molecule is CCOc1ccc(-c2noc(CNC(=O)[C@@H]3CCOC3)n2)cn1. The molecule has 1 N–H and O–H groups in total. The minimum absolute atomic E-state index is 0.0509. The highest BCUT2D eigenvalue weighted by atomic mass is 16.5. The van der Waals surface area contributed by atoms with E-state index >= 15 is 0 Å². The van der Waals surface area contributed by atoms with Crippen LogP contribution >= 0.6 is 0 Å². The summed E-state index contributed by atoms with van der Waals surface area (Å²) in [7, 11) is 0. The first kappa shape index (κ1) is 15.4. The molecule has 0 unspecified atom stereocenters. The van der Waals surface area contributed by atoms with Gasteiger partial charge in [0.15, 0.2) is 0 Å². The van der Waals surface area contributed by atoms with Crippen LogP contribution in [0.2, 0.25) is 0 Å². The van der Waals surface area contributed by atoms with Crippen molar-refractivity contribution in [2.45, 2.75) is 19.9 Å². The van der Waals surface area contributed by atoms with Gasteiger partial charge in [-0.1, -0.05) is 5.16 Å². The van der Waals surface area contributed by atoms with Gasteiger partial charge in [0.1, 0.15) is 0 Å². The molecule has 8 nitrogen and oxygen atoms in total. The summed E-state index contributed by atoms with van der Waals surface area (Å²) in [5.74, 6) is 1.18. The van der Waals surface area contributed by atoms with E-state index in [0.29, 0.717) is 37.4 Å². The zero-order chi connectivity index (χ0) is 16.1. The maximum absolute atomic E-state index is 11.9. The van der Waals surface area contributed by atoms with E-state index in [2.05, 4.69) is 20.4 Å². The molecule has 1 saturated heterocycles. The van der Waals surface area contributed by atoms with Gasteiger partial charge < -0.3 is 19.3 Å². The number of amides is 1. The molecule has 1 atom stereocenters. The maximum atomic E-state index is 11.9. The number of hydrogen-bond acceptors (Lipinski definition) is 7. The first-order valence-corrected chi connectivity index (χ1v) is 7.53. The number of nitrogens with zero attached hydrogens (tertiary/aromatic N) is 3. The van der Waals surface area contributed by atoms with Crippen LogP contribution < -0.4 is 10.1 Å². The largest absolute Gasteiger partial charge is 0.478 e. The summed E-state index contributed by atoms with van der Waals surface area (Å²) >= 11 is 0. The molecule has 0 radical (unpaired) electrons. The third-order valence-corrected chi connectivity index (χ3v) is 3.47. The highest BCUT2D eigenvalue weighted by Gasteiger charge is 2.23. The molecule has 2 aromatic heterocycles. The van der Waals surface area contributed by atoms with Crippen molar-refractivity contribution in [1.82, 2.24) is 20.4 Å². The van der Waals surface area contributed by atoms with Crippen LogP contribution in [0.4, 0.5) is 0 Å². The molecule has 1 aliphatic rings. The van der Waals surface area contributed by atoms with Crippen LogP contribution in [0.25, 0.3) is 11.4 Å². The molecule has 0 aliphatic carbocycles. The van der Waals surface area contributed by atoms with Crippen molar-refractivity contribution in [2.24, 2.45) is 5.92 Å². The second kappa shape index (κ2) is 7.19. The Bertz CT molecular complexity index is 650. The molecule has 2 aromatic rings. The highest BCUT2D eigenvalue weighted by molar-refractivity contribution is 5.78. The lowest BCUT2D eigenvalue weighted by Gasteiger charge is -2.06. The van der Waals surface area contributed by atoms with Gasteiger partial charge in [-0.2, -0.15) is 4.98 Å². The van der Waals surface area contributed by atoms with Gasteiger partial charge in [0, 0.05) is 24.4 Å². The highest BCUT2D eigenvalue weighted by Crippen LogP contribution is 2.17. The van der Waals surface area contributed by atoms with Crippen LogP contribution in [-0.4, -0.2) is 40.9 Å². The molecule has 1 fully saturated rings. The normalized spacial score (nSPS) is 17.2. The summed E-state index contributed by atoms with van der Waals surface area (Å²) < 4.78 is 15.6. The number of carbonyl (C=O) groups is 1. The van der Waals surface area contributed by atoms with Gasteiger partial charge in [-0.25, -0.2) is 4.98 Å². The lowest BCUT2D eigenvalue weighted by atomic mass is 10.1. The second-order valence-corrected chi connectivity index (χ2v) is 5.11. The van der Waals surface area contributed by atoms with Crippen LogP contribution in [-0.2, 0) is 16.1 Å². The van der Waals surface area contributed by atoms with E-state index in [0.717, 1.165) is 12.0 Å². The fraction of sp³-hybridized carbons (Fsp3) is 0.467. The van der Waals surface area contributed by atoms with Gasteiger partial charge >= 0.3 is 0 Å². The molecule has 8 heteroatoms. The lowest BCUT2D eigenvalue weighted by molar-refractivity contribution is -0.125. The molecular formula is C15H18N4O4. The van der Waals surface area contributed by atoms with Crippen LogP contribution in [0, 0.1) is 5.92 Å². The number of carbonyl (C=O) groups excluding carboxylic acids is 1. The monoisotopic (exact) mass is 318 g/mol. The van der Waals surface area contributed by atoms with Crippen molar-refractivity contribution in [3.05, 3.63) is 24.2 Å². The molecule has 122 valence electrons. The fourth-order valence-electron chi connectivity index (χ4n) is 2.24. The first-order valence-electron chi connectivity index (χ1n) is 7.53. The average molecular weight is 318 g/mol. The van der Waals surface area contributed by atoms with E-state index in [1.165, 1.54) is 0 Å². The Morgan fingerprint density at radius 1 is 1.48 bits per heavy atom. The molecule has 0 saturated carbocycles. The van der Waals surface area contributed by atoms with Gasteiger partial charge in [0.05, 0.1) is 25.7 Å². The van der Waals surface area contributed by atoms with Crippen molar-refractivity contribution in [3.8, 4) is 17.3 Å². The summed E-state index contributed by atoms with van der Waals surface area (Å²) in [5.41, 5.74) is 0.721. The average Bonchev–Trinajstić information content (AvgIpc) is 3.25. The third-order valence-electron chi connectivity index (χ3n) is 3.47. The van der Waals surface area contributed by atoms with Gasteiger partial charge in [-0.15, -0.1) is 0 Å². The van der Waals surface area contributed by atoms with Gasteiger partial charge in [-0.05, 0) is 19.4 Å². The van der Waals surface area contributed by atoms with E-state index < -0.39 is 0 Å². The Hall–Kier alpha value is -2.48. The number of aromatic nitrogens is 3. The summed E-state index contributed by atoms with van der Waals surface area (Å²) in [6.07, 6.45) is 2.37. The van der Waals surface area contributed by atoms with Crippen molar-refractivity contribution in [3.63, 3.8) is 0 Å². The molecule has 23 heavy (non-hydrogen) atoms. The van der Waals surface area contributed by atoms with Crippen molar-refractivity contribution in [2.75, 3.05) is 19.8 Å². The van der Waals surface area contributed by atoms with Crippen molar-refractivity contribution >= 4 is 5.91 Å². The molecule has 3 rings (SSSR count). The molecule has 0 aromatic carbocycles. The van der Waals surface area contributed by atoms with E-state index in [1.54, 1.807) is 18.3 Å². The zero-order valence-electron chi connectivity index (χ0n) is 12.8. The number of pyridine rings is 1. The Morgan fingerprint density at radius 2 is 2.39 bits per heavy atom. The first-order chi connectivity index (χ1) is 11.3. The van der Waals surface area contributed by atoms with E-state index in [4.69, 9.17) is 14.0 Å². The molecular weight excluding hydrogens is 300 g/mol. The smallest absolute Gasteiger partial charge is 0.246 e. The molecule has 1 aliphatic heterocycles. The van der Waals surface area contributed by atoms with E-state index in [-0.39, 0.29) is 18.4 Å². The standard InChI is InChI=1S/C15H18N4O4/c1-2-22-12-4-3-10(7-16-12)14-18-13(23-19-14)8-17-15(20)11-5-6-21-9-11/h3-4,7,11H,2,5-6,8-9H2,1H3,(H,17,20)/t11-/m1/s1. The second-order valence-electron chi connectivity index (χ2n) is 5.11. The third kappa shape index (κ3) is 3.84. The minimum Gasteiger partial charge on any atom is -0.478 e. The number of hydrogen-bond donors (Lipinski definition) is 1. The van der Waals surface area contributed by atoms with Gasteiger partial charge in [0.2, 0.25) is 23.5 Å². The predicted molar refractivity (Wildman–Crippen MR) is 79.5 cm³/mol. The minimum atomic E-state index is -0.0901. The predicted octanol–water partition coefficient (Wildman–Crippen LogP) is 1.18. The Labute approximate surface area is 133 Å². The lowest BCUT2D eigenvalue weighted by Crippen LogP contribution is -2.30. The van der Waals surface area contributed by atoms with E-state index in [9.17, 15) is 4.79 Å². The number of ether oxygens (including phenoxy) is 2. The fourth-order valence-corrected chi connectivity index (χ4v) is 2.24. The van der Waals surface area contributed by atoms with Crippen LogP contribution in [0.3, 0.4) is 0 Å².